The van der Waals surface area contributed by atoms with Crippen LogP contribution < -0.4 is 0 Å². The predicted octanol–water partition coefficient (Wildman–Crippen LogP) is 0.0701. The van der Waals surface area contributed by atoms with E-state index in [4.69, 9.17) is 10.2 Å². The maximum Gasteiger partial charge on any atom is 0.0580 e. The monoisotopic (exact) mass is 231 g/mol. The molecule has 0 aromatic rings. The van der Waals surface area contributed by atoms with Gasteiger partial charge < -0.3 is 15.3 Å². The van der Waals surface area contributed by atoms with Gasteiger partial charge in [0, 0.05) is 19.6 Å². The Bertz CT molecular complexity index is 183. The number of aliphatic hydroxyl groups excluding tert-OH is 3. The van der Waals surface area contributed by atoms with Gasteiger partial charge in [0.2, 0.25) is 0 Å². The van der Waals surface area contributed by atoms with Crippen LogP contribution in [0.4, 0.5) is 0 Å². The summed E-state index contributed by atoms with van der Waals surface area (Å²) < 4.78 is 0. The van der Waals surface area contributed by atoms with Gasteiger partial charge in [0.25, 0.3) is 0 Å². The van der Waals surface area contributed by atoms with E-state index in [1.807, 2.05) is 4.90 Å². The molecule has 0 heterocycles. The highest BCUT2D eigenvalue weighted by Crippen LogP contribution is 2.29. The SMILES string of the molecule is CC1CCC(O)C(CN(CCO)CCO)C1. The Morgan fingerprint density at radius 2 is 1.75 bits per heavy atom. The number of rotatable bonds is 6. The van der Waals surface area contributed by atoms with E-state index in [0.29, 0.717) is 24.9 Å². The minimum absolute atomic E-state index is 0.109. The van der Waals surface area contributed by atoms with Crippen LogP contribution in [0.15, 0.2) is 0 Å². The first kappa shape index (κ1) is 13.9. The van der Waals surface area contributed by atoms with Crippen LogP contribution in [-0.2, 0) is 0 Å². The van der Waals surface area contributed by atoms with Crippen LogP contribution in [0.5, 0.6) is 0 Å². The van der Waals surface area contributed by atoms with Gasteiger partial charge in [0.1, 0.15) is 0 Å². The molecule has 0 spiro atoms. The van der Waals surface area contributed by atoms with E-state index in [-0.39, 0.29) is 19.3 Å². The van der Waals surface area contributed by atoms with Crippen molar-refractivity contribution in [2.75, 3.05) is 32.8 Å². The largest absolute Gasteiger partial charge is 0.395 e. The molecule has 0 amide bonds. The van der Waals surface area contributed by atoms with Crippen molar-refractivity contribution < 1.29 is 15.3 Å². The quantitative estimate of drug-likeness (QED) is 0.605. The summed E-state index contributed by atoms with van der Waals surface area (Å²) in [6.07, 6.45) is 2.83. The summed E-state index contributed by atoms with van der Waals surface area (Å²) in [5.41, 5.74) is 0. The highest BCUT2D eigenvalue weighted by molar-refractivity contribution is 4.80. The molecule has 0 saturated heterocycles. The first-order valence-corrected chi connectivity index (χ1v) is 6.29. The second kappa shape index (κ2) is 7.22. The van der Waals surface area contributed by atoms with Crippen molar-refractivity contribution in [3.8, 4) is 0 Å². The molecule has 0 radical (unpaired) electrons. The van der Waals surface area contributed by atoms with Crippen molar-refractivity contribution in [1.29, 1.82) is 0 Å². The van der Waals surface area contributed by atoms with Crippen LogP contribution in [0.2, 0.25) is 0 Å². The van der Waals surface area contributed by atoms with Gasteiger partial charge >= 0.3 is 0 Å². The second-order valence-corrected chi connectivity index (χ2v) is 4.99. The van der Waals surface area contributed by atoms with Gasteiger partial charge in [-0.3, -0.25) is 4.90 Å². The van der Waals surface area contributed by atoms with Gasteiger partial charge in [0.15, 0.2) is 0 Å². The third-order valence-electron chi connectivity index (χ3n) is 3.53. The van der Waals surface area contributed by atoms with Gasteiger partial charge in [-0.15, -0.1) is 0 Å². The zero-order valence-electron chi connectivity index (χ0n) is 10.2. The Morgan fingerprint density at radius 3 is 2.31 bits per heavy atom. The lowest BCUT2D eigenvalue weighted by atomic mass is 9.80. The van der Waals surface area contributed by atoms with E-state index in [1.165, 1.54) is 0 Å². The minimum atomic E-state index is -0.212. The summed E-state index contributed by atoms with van der Waals surface area (Å²) in [5.74, 6) is 0.973. The lowest BCUT2D eigenvalue weighted by Crippen LogP contribution is -2.40. The fourth-order valence-corrected chi connectivity index (χ4v) is 2.59. The number of hydrogen-bond donors (Lipinski definition) is 3. The summed E-state index contributed by atoms with van der Waals surface area (Å²) in [7, 11) is 0. The van der Waals surface area contributed by atoms with E-state index < -0.39 is 0 Å². The van der Waals surface area contributed by atoms with Crippen LogP contribution in [0.25, 0.3) is 0 Å². The first-order valence-electron chi connectivity index (χ1n) is 6.29. The molecule has 1 fully saturated rings. The minimum Gasteiger partial charge on any atom is -0.395 e. The van der Waals surface area contributed by atoms with E-state index in [0.717, 1.165) is 25.8 Å². The molecular weight excluding hydrogens is 206 g/mol. The molecule has 4 nitrogen and oxygen atoms in total. The Kier molecular flexibility index (Phi) is 6.28. The third kappa shape index (κ3) is 4.37. The maximum atomic E-state index is 9.92. The summed E-state index contributed by atoms with van der Waals surface area (Å²) in [4.78, 5) is 2.03. The van der Waals surface area contributed by atoms with Gasteiger partial charge in [-0.25, -0.2) is 0 Å². The molecule has 96 valence electrons. The van der Waals surface area contributed by atoms with Crippen molar-refractivity contribution in [2.24, 2.45) is 11.8 Å². The summed E-state index contributed by atoms with van der Waals surface area (Å²) in [5, 5.41) is 27.8. The maximum absolute atomic E-state index is 9.92. The van der Waals surface area contributed by atoms with Gasteiger partial charge in [-0.05, 0) is 31.1 Å². The van der Waals surface area contributed by atoms with Crippen LogP contribution in [-0.4, -0.2) is 59.2 Å². The molecule has 0 aromatic heterocycles. The normalized spacial score (nSPS) is 30.9. The predicted molar refractivity (Wildman–Crippen MR) is 63.1 cm³/mol. The molecule has 3 unspecified atom stereocenters. The topological polar surface area (TPSA) is 63.9 Å². The number of nitrogens with zero attached hydrogens (tertiary/aromatic N) is 1. The van der Waals surface area contributed by atoms with E-state index >= 15 is 0 Å². The molecule has 1 saturated carbocycles. The Morgan fingerprint density at radius 1 is 1.12 bits per heavy atom. The molecule has 0 aliphatic heterocycles. The summed E-state index contributed by atoms with van der Waals surface area (Å²) in [6, 6.07) is 0. The average molecular weight is 231 g/mol. The Hall–Kier alpha value is -0.160. The Balaban J connectivity index is 2.41. The molecule has 3 atom stereocenters. The first-order chi connectivity index (χ1) is 7.67. The lowest BCUT2D eigenvalue weighted by Gasteiger charge is -2.35. The molecule has 4 heteroatoms. The fraction of sp³-hybridized carbons (Fsp3) is 1.00. The van der Waals surface area contributed by atoms with Gasteiger partial charge in [-0.1, -0.05) is 6.92 Å². The zero-order chi connectivity index (χ0) is 12.0. The molecular formula is C12H25NO3. The van der Waals surface area contributed by atoms with Crippen LogP contribution in [0, 0.1) is 11.8 Å². The van der Waals surface area contributed by atoms with Crippen LogP contribution >= 0.6 is 0 Å². The van der Waals surface area contributed by atoms with Gasteiger partial charge in [0.05, 0.1) is 19.3 Å². The fourth-order valence-electron chi connectivity index (χ4n) is 2.59. The molecule has 0 aromatic carbocycles. The van der Waals surface area contributed by atoms with Crippen molar-refractivity contribution >= 4 is 0 Å². The van der Waals surface area contributed by atoms with Crippen molar-refractivity contribution in [1.82, 2.24) is 4.90 Å². The van der Waals surface area contributed by atoms with Crippen molar-refractivity contribution in [3.05, 3.63) is 0 Å². The van der Waals surface area contributed by atoms with E-state index in [1.54, 1.807) is 0 Å². The van der Waals surface area contributed by atoms with Crippen molar-refractivity contribution in [3.63, 3.8) is 0 Å². The highest BCUT2D eigenvalue weighted by atomic mass is 16.3. The molecule has 0 bridgehead atoms. The number of hydrogen-bond acceptors (Lipinski definition) is 4. The Labute approximate surface area is 97.9 Å². The van der Waals surface area contributed by atoms with E-state index in [9.17, 15) is 5.11 Å². The smallest absolute Gasteiger partial charge is 0.0580 e. The van der Waals surface area contributed by atoms with E-state index in [2.05, 4.69) is 6.92 Å². The second-order valence-electron chi connectivity index (χ2n) is 4.99. The average Bonchev–Trinajstić information content (AvgIpc) is 2.24. The molecule has 1 aliphatic rings. The molecule has 3 N–H and O–H groups in total. The molecule has 16 heavy (non-hydrogen) atoms. The molecule has 1 aliphatic carbocycles. The highest BCUT2D eigenvalue weighted by Gasteiger charge is 2.28. The number of aliphatic hydroxyl groups is 3. The van der Waals surface area contributed by atoms with Crippen LogP contribution in [0.3, 0.4) is 0 Å². The standard InChI is InChI=1S/C12H25NO3/c1-10-2-3-12(16)11(8-10)9-13(4-6-14)5-7-15/h10-12,14-16H,2-9H2,1H3. The van der Waals surface area contributed by atoms with Crippen LogP contribution in [0.1, 0.15) is 26.2 Å². The summed E-state index contributed by atoms with van der Waals surface area (Å²) >= 11 is 0. The molecule has 1 rings (SSSR count). The zero-order valence-corrected chi connectivity index (χ0v) is 10.2. The summed E-state index contributed by atoms with van der Waals surface area (Å²) in [6.45, 7) is 4.39. The van der Waals surface area contributed by atoms with Gasteiger partial charge in [-0.2, -0.15) is 0 Å². The van der Waals surface area contributed by atoms with Crippen molar-refractivity contribution in [2.45, 2.75) is 32.3 Å². The lowest BCUT2D eigenvalue weighted by molar-refractivity contribution is 0.0242. The third-order valence-corrected chi connectivity index (χ3v) is 3.53.